The number of rotatable bonds is 4. The summed E-state index contributed by atoms with van der Waals surface area (Å²) in [6, 6.07) is 4.40. The van der Waals surface area contributed by atoms with Gasteiger partial charge in [-0.05, 0) is 31.5 Å². The van der Waals surface area contributed by atoms with Gasteiger partial charge in [-0.25, -0.2) is 4.39 Å². The molecule has 19 heavy (non-hydrogen) atoms. The number of ether oxygens (including phenoxy) is 1. The van der Waals surface area contributed by atoms with Crippen LogP contribution in [0, 0.1) is 5.82 Å². The Kier molecular flexibility index (Phi) is 4.37. The summed E-state index contributed by atoms with van der Waals surface area (Å²) in [5.74, 6) is 0.0781. The van der Waals surface area contributed by atoms with E-state index in [1.54, 1.807) is 7.05 Å². The highest BCUT2D eigenvalue weighted by Crippen LogP contribution is 2.28. The van der Waals surface area contributed by atoms with Gasteiger partial charge in [0.2, 0.25) is 5.91 Å². The molecule has 5 heteroatoms. The molecule has 4 nitrogen and oxygen atoms in total. The molecule has 1 fully saturated rings. The van der Waals surface area contributed by atoms with Gasteiger partial charge in [-0.15, -0.1) is 0 Å². The van der Waals surface area contributed by atoms with Crippen LogP contribution in [0.5, 0.6) is 5.75 Å². The van der Waals surface area contributed by atoms with E-state index in [0.717, 1.165) is 19.4 Å². The summed E-state index contributed by atoms with van der Waals surface area (Å²) in [5, 5.41) is 3.28. The van der Waals surface area contributed by atoms with Crippen molar-refractivity contribution in [3.63, 3.8) is 0 Å². The number of hydrogen-bond acceptors (Lipinski definition) is 3. The summed E-state index contributed by atoms with van der Waals surface area (Å²) in [5.41, 5.74) is 0.463. The fourth-order valence-corrected chi connectivity index (χ4v) is 2.34. The fraction of sp³-hybridized carbons (Fsp3) is 0.500. The van der Waals surface area contributed by atoms with Gasteiger partial charge in [0.1, 0.15) is 11.6 Å². The molecule has 0 aromatic heterocycles. The van der Waals surface area contributed by atoms with Crippen molar-refractivity contribution in [1.29, 1.82) is 0 Å². The molecule has 1 aromatic rings. The molecule has 0 saturated carbocycles. The third-order valence-corrected chi connectivity index (χ3v) is 3.46. The smallest absolute Gasteiger partial charge is 0.228 e. The molecule has 1 heterocycles. The molecule has 0 bridgehead atoms. The van der Waals surface area contributed by atoms with Crippen LogP contribution in [-0.2, 0) is 4.79 Å². The maximum absolute atomic E-state index is 13.3. The second-order valence-electron chi connectivity index (χ2n) is 4.77. The van der Waals surface area contributed by atoms with Crippen molar-refractivity contribution in [3.8, 4) is 5.75 Å². The van der Waals surface area contributed by atoms with Crippen molar-refractivity contribution in [2.24, 2.45) is 0 Å². The molecular weight excluding hydrogens is 247 g/mol. The van der Waals surface area contributed by atoms with E-state index in [9.17, 15) is 9.18 Å². The second kappa shape index (κ2) is 6.02. The Morgan fingerprint density at radius 3 is 3.00 bits per heavy atom. The Labute approximate surface area is 112 Å². The van der Waals surface area contributed by atoms with Crippen molar-refractivity contribution >= 4 is 11.6 Å². The van der Waals surface area contributed by atoms with Crippen LogP contribution in [-0.4, -0.2) is 32.7 Å². The summed E-state index contributed by atoms with van der Waals surface area (Å²) >= 11 is 0. The first-order chi connectivity index (χ1) is 9.11. The number of halogens is 1. The Bertz CT molecular complexity index is 459. The Balaban J connectivity index is 2.11. The van der Waals surface area contributed by atoms with Crippen LogP contribution in [0.15, 0.2) is 18.2 Å². The number of methoxy groups -OCH3 is 1. The van der Waals surface area contributed by atoms with Crippen molar-refractivity contribution in [1.82, 2.24) is 5.32 Å². The van der Waals surface area contributed by atoms with Gasteiger partial charge in [-0.2, -0.15) is 0 Å². The largest absolute Gasteiger partial charge is 0.495 e. The van der Waals surface area contributed by atoms with Crippen LogP contribution >= 0.6 is 0 Å². The number of benzene rings is 1. The van der Waals surface area contributed by atoms with E-state index in [4.69, 9.17) is 4.74 Å². The molecule has 1 aliphatic heterocycles. The van der Waals surface area contributed by atoms with Crippen molar-refractivity contribution < 1.29 is 13.9 Å². The zero-order chi connectivity index (χ0) is 13.8. The average molecular weight is 266 g/mol. The molecule has 1 aromatic carbocycles. The molecule has 1 aliphatic rings. The lowest BCUT2D eigenvalue weighted by molar-refractivity contribution is -0.118. The predicted molar refractivity (Wildman–Crippen MR) is 72.0 cm³/mol. The van der Waals surface area contributed by atoms with Crippen LogP contribution in [0.3, 0.4) is 0 Å². The lowest BCUT2D eigenvalue weighted by atomic mass is 10.1. The van der Waals surface area contributed by atoms with Gasteiger partial charge in [-0.1, -0.05) is 0 Å². The molecule has 1 saturated heterocycles. The van der Waals surface area contributed by atoms with E-state index in [1.165, 1.54) is 30.2 Å². The monoisotopic (exact) mass is 266 g/mol. The first kappa shape index (κ1) is 13.8. The van der Waals surface area contributed by atoms with E-state index in [1.807, 2.05) is 0 Å². The molecule has 0 spiro atoms. The van der Waals surface area contributed by atoms with Crippen LogP contribution < -0.4 is 15.0 Å². The number of hydrogen-bond donors (Lipinski definition) is 1. The van der Waals surface area contributed by atoms with Gasteiger partial charge in [0.25, 0.3) is 0 Å². The van der Waals surface area contributed by atoms with Gasteiger partial charge in [0.05, 0.1) is 12.8 Å². The highest BCUT2D eigenvalue weighted by Gasteiger charge is 2.22. The summed E-state index contributed by atoms with van der Waals surface area (Å²) < 4.78 is 18.5. The molecule has 104 valence electrons. The lowest BCUT2D eigenvalue weighted by Gasteiger charge is -2.21. The Hall–Kier alpha value is -1.62. The number of amides is 1. The first-order valence-electron chi connectivity index (χ1n) is 6.45. The summed E-state index contributed by atoms with van der Waals surface area (Å²) in [7, 11) is 3.15. The number of carbonyl (C=O) groups excluding carboxylic acids is 1. The second-order valence-corrected chi connectivity index (χ2v) is 4.77. The van der Waals surface area contributed by atoms with E-state index in [2.05, 4.69) is 5.32 Å². The normalized spacial score (nSPS) is 18.4. The zero-order valence-electron chi connectivity index (χ0n) is 11.3. The first-order valence-corrected chi connectivity index (χ1v) is 6.45. The predicted octanol–water partition coefficient (Wildman–Crippen LogP) is 1.94. The zero-order valence-corrected chi connectivity index (χ0v) is 11.3. The van der Waals surface area contributed by atoms with Crippen molar-refractivity contribution in [3.05, 3.63) is 24.0 Å². The Morgan fingerprint density at radius 2 is 2.37 bits per heavy atom. The number of anilines is 1. The van der Waals surface area contributed by atoms with Gasteiger partial charge in [0.15, 0.2) is 0 Å². The molecule has 1 atom stereocenters. The van der Waals surface area contributed by atoms with Crippen LogP contribution in [0.2, 0.25) is 0 Å². The average Bonchev–Trinajstić information content (AvgIpc) is 2.90. The highest BCUT2D eigenvalue weighted by molar-refractivity contribution is 5.94. The van der Waals surface area contributed by atoms with E-state index in [-0.39, 0.29) is 17.8 Å². The Morgan fingerprint density at radius 1 is 1.58 bits per heavy atom. The van der Waals surface area contributed by atoms with E-state index in [0.29, 0.717) is 17.9 Å². The lowest BCUT2D eigenvalue weighted by Crippen LogP contribution is -2.33. The minimum atomic E-state index is -0.380. The number of nitrogens with one attached hydrogen (secondary N) is 1. The highest BCUT2D eigenvalue weighted by atomic mass is 19.1. The van der Waals surface area contributed by atoms with Gasteiger partial charge in [0, 0.05) is 25.6 Å². The third-order valence-electron chi connectivity index (χ3n) is 3.46. The quantitative estimate of drug-likeness (QED) is 0.905. The summed E-state index contributed by atoms with van der Waals surface area (Å²) in [6.07, 6.45) is 2.54. The van der Waals surface area contributed by atoms with Gasteiger partial charge >= 0.3 is 0 Å². The van der Waals surface area contributed by atoms with Gasteiger partial charge < -0.3 is 15.0 Å². The minimum Gasteiger partial charge on any atom is -0.495 e. The molecule has 1 N–H and O–H groups in total. The SMILES string of the molecule is COc1ccc(F)cc1N(C)C(=O)CC1CCCN1. The van der Waals surface area contributed by atoms with Crippen LogP contribution in [0.4, 0.5) is 10.1 Å². The molecular formula is C14H19FN2O2. The molecule has 0 radical (unpaired) electrons. The standard InChI is InChI=1S/C14H19FN2O2/c1-17(14(18)9-11-4-3-7-16-11)12-8-10(15)5-6-13(12)19-2/h5-6,8,11,16H,3-4,7,9H2,1-2H3. The fourth-order valence-electron chi connectivity index (χ4n) is 2.34. The molecule has 2 rings (SSSR count). The molecule has 1 unspecified atom stereocenters. The third kappa shape index (κ3) is 3.23. The van der Waals surface area contributed by atoms with Crippen LogP contribution in [0.25, 0.3) is 0 Å². The van der Waals surface area contributed by atoms with Crippen molar-refractivity contribution in [2.75, 3.05) is 25.6 Å². The molecule has 0 aliphatic carbocycles. The summed E-state index contributed by atoms with van der Waals surface area (Å²) in [6.45, 7) is 0.963. The summed E-state index contributed by atoms with van der Waals surface area (Å²) in [4.78, 5) is 13.6. The van der Waals surface area contributed by atoms with Gasteiger partial charge in [-0.3, -0.25) is 4.79 Å². The van der Waals surface area contributed by atoms with E-state index >= 15 is 0 Å². The number of carbonyl (C=O) groups is 1. The topological polar surface area (TPSA) is 41.6 Å². The minimum absolute atomic E-state index is 0.0386. The maximum Gasteiger partial charge on any atom is 0.228 e. The molecule has 1 amide bonds. The maximum atomic E-state index is 13.3. The van der Waals surface area contributed by atoms with Crippen LogP contribution in [0.1, 0.15) is 19.3 Å². The number of nitrogens with zero attached hydrogens (tertiary/aromatic N) is 1. The van der Waals surface area contributed by atoms with Crippen molar-refractivity contribution in [2.45, 2.75) is 25.3 Å². The van der Waals surface area contributed by atoms with E-state index < -0.39 is 0 Å².